The number of carbonyl (C=O) groups excluding carboxylic acids is 3. The van der Waals surface area contributed by atoms with Crippen molar-refractivity contribution >= 4 is 29.3 Å². The summed E-state index contributed by atoms with van der Waals surface area (Å²) >= 11 is 0. The fourth-order valence-corrected chi connectivity index (χ4v) is 3.55. The first-order valence-corrected chi connectivity index (χ1v) is 9.87. The molecule has 0 radical (unpaired) electrons. The second-order valence-electron chi connectivity index (χ2n) is 7.13. The van der Waals surface area contributed by atoms with E-state index in [1.54, 1.807) is 53.4 Å². The standard InChI is InChI=1S/C23H21N3O5/c1-2-16-5-3-4-6-20(16)22(28)24-13-19-14-26(23(29)31-19)18-9-7-17(8-10-18)25-11-12-30-15-21(25)27/h1,3-10,19H,11-15H2,(H,24,28)/t19-/m1/s1. The molecule has 2 fully saturated rings. The van der Waals surface area contributed by atoms with Gasteiger partial charge in [0.1, 0.15) is 12.7 Å². The number of hydrogen-bond acceptors (Lipinski definition) is 5. The number of amides is 3. The van der Waals surface area contributed by atoms with Crippen LogP contribution in [0.5, 0.6) is 0 Å². The van der Waals surface area contributed by atoms with Crippen molar-refractivity contribution in [2.45, 2.75) is 6.10 Å². The third-order valence-corrected chi connectivity index (χ3v) is 5.15. The van der Waals surface area contributed by atoms with Gasteiger partial charge >= 0.3 is 6.09 Å². The summed E-state index contributed by atoms with van der Waals surface area (Å²) in [6.45, 7) is 1.52. The highest BCUT2D eigenvalue weighted by atomic mass is 16.6. The Balaban J connectivity index is 1.36. The summed E-state index contributed by atoms with van der Waals surface area (Å²) in [5, 5.41) is 2.77. The van der Waals surface area contributed by atoms with Crippen molar-refractivity contribution < 1.29 is 23.9 Å². The second kappa shape index (κ2) is 8.90. The van der Waals surface area contributed by atoms with Gasteiger partial charge in [0.25, 0.3) is 11.8 Å². The van der Waals surface area contributed by atoms with Crippen molar-refractivity contribution in [3.63, 3.8) is 0 Å². The Bertz CT molecular complexity index is 1040. The molecule has 4 rings (SSSR count). The highest BCUT2D eigenvalue weighted by Crippen LogP contribution is 2.25. The lowest BCUT2D eigenvalue weighted by atomic mass is 10.1. The SMILES string of the molecule is C#Cc1ccccc1C(=O)NC[C@@H]1CN(c2ccc(N3CCOCC3=O)cc2)C(=O)O1. The Morgan fingerprint density at radius 2 is 1.81 bits per heavy atom. The van der Waals surface area contributed by atoms with Crippen molar-refractivity contribution in [2.75, 3.05) is 42.6 Å². The van der Waals surface area contributed by atoms with Gasteiger partial charge in [-0.05, 0) is 36.4 Å². The van der Waals surface area contributed by atoms with Crippen LogP contribution in [0.4, 0.5) is 16.2 Å². The number of anilines is 2. The van der Waals surface area contributed by atoms with Crippen LogP contribution in [0.15, 0.2) is 48.5 Å². The van der Waals surface area contributed by atoms with E-state index in [1.165, 1.54) is 4.90 Å². The van der Waals surface area contributed by atoms with Crippen LogP contribution in [-0.4, -0.2) is 56.9 Å². The second-order valence-corrected chi connectivity index (χ2v) is 7.13. The minimum absolute atomic E-state index is 0.0689. The zero-order chi connectivity index (χ0) is 21.8. The molecule has 0 spiro atoms. The van der Waals surface area contributed by atoms with E-state index < -0.39 is 12.2 Å². The topological polar surface area (TPSA) is 88.2 Å². The molecule has 2 aromatic rings. The van der Waals surface area contributed by atoms with E-state index in [-0.39, 0.29) is 25.0 Å². The quantitative estimate of drug-likeness (QED) is 0.747. The molecule has 1 N–H and O–H groups in total. The van der Waals surface area contributed by atoms with Gasteiger partial charge in [-0.2, -0.15) is 0 Å². The first-order chi connectivity index (χ1) is 15.1. The number of rotatable bonds is 5. The Labute approximate surface area is 179 Å². The third-order valence-electron chi connectivity index (χ3n) is 5.15. The molecule has 8 nitrogen and oxygen atoms in total. The monoisotopic (exact) mass is 419 g/mol. The molecule has 31 heavy (non-hydrogen) atoms. The molecule has 2 aromatic carbocycles. The minimum Gasteiger partial charge on any atom is -0.442 e. The Morgan fingerprint density at radius 3 is 2.52 bits per heavy atom. The fourth-order valence-electron chi connectivity index (χ4n) is 3.55. The Hall–Kier alpha value is -3.83. The van der Waals surface area contributed by atoms with Crippen molar-refractivity contribution in [1.29, 1.82) is 0 Å². The first-order valence-electron chi connectivity index (χ1n) is 9.87. The van der Waals surface area contributed by atoms with E-state index in [0.717, 1.165) is 5.69 Å². The average Bonchev–Trinajstić information content (AvgIpc) is 3.18. The maximum absolute atomic E-state index is 12.4. The lowest BCUT2D eigenvalue weighted by Gasteiger charge is -2.27. The number of carbonyl (C=O) groups is 3. The van der Waals surface area contributed by atoms with E-state index >= 15 is 0 Å². The van der Waals surface area contributed by atoms with Crippen LogP contribution in [0.3, 0.4) is 0 Å². The molecule has 0 aliphatic carbocycles. The predicted molar refractivity (Wildman–Crippen MR) is 114 cm³/mol. The van der Waals surface area contributed by atoms with Crippen molar-refractivity contribution in [3.8, 4) is 12.3 Å². The van der Waals surface area contributed by atoms with Crippen LogP contribution >= 0.6 is 0 Å². The number of morpholine rings is 1. The van der Waals surface area contributed by atoms with E-state index in [4.69, 9.17) is 15.9 Å². The molecule has 8 heteroatoms. The summed E-state index contributed by atoms with van der Waals surface area (Å²) in [5.74, 6) is 2.07. The van der Waals surface area contributed by atoms with Gasteiger partial charge in [0.05, 0.1) is 25.3 Å². The predicted octanol–water partition coefficient (Wildman–Crippen LogP) is 1.79. The normalized spacial score (nSPS) is 18.5. The van der Waals surface area contributed by atoms with Gasteiger partial charge in [-0.15, -0.1) is 6.42 Å². The molecular weight excluding hydrogens is 398 g/mol. The van der Waals surface area contributed by atoms with Crippen LogP contribution in [0.25, 0.3) is 0 Å². The fraction of sp³-hybridized carbons (Fsp3) is 0.261. The van der Waals surface area contributed by atoms with Crippen LogP contribution in [-0.2, 0) is 14.3 Å². The molecule has 3 amide bonds. The smallest absolute Gasteiger partial charge is 0.414 e. The molecule has 0 aromatic heterocycles. The van der Waals surface area contributed by atoms with Gasteiger partial charge in [-0.3, -0.25) is 14.5 Å². The zero-order valence-electron chi connectivity index (χ0n) is 16.7. The zero-order valence-corrected chi connectivity index (χ0v) is 16.7. The van der Waals surface area contributed by atoms with Crippen molar-refractivity contribution in [1.82, 2.24) is 5.32 Å². The summed E-state index contributed by atoms with van der Waals surface area (Å²) in [6, 6.07) is 14.0. The molecule has 0 unspecified atom stereocenters. The van der Waals surface area contributed by atoms with Gasteiger partial charge in [-0.25, -0.2) is 4.79 Å². The number of terminal acetylenes is 1. The first kappa shape index (κ1) is 20.4. The largest absolute Gasteiger partial charge is 0.442 e. The number of ether oxygens (including phenoxy) is 2. The molecule has 2 heterocycles. The van der Waals surface area contributed by atoms with Gasteiger partial charge in [0.2, 0.25) is 0 Å². The molecule has 158 valence electrons. The van der Waals surface area contributed by atoms with Crippen LogP contribution in [0, 0.1) is 12.3 Å². The Kier molecular flexibility index (Phi) is 5.87. The minimum atomic E-state index is -0.491. The lowest BCUT2D eigenvalue weighted by molar-refractivity contribution is -0.125. The van der Waals surface area contributed by atoms with Crippen LogP contribution in [0.1, 0.15) is 15.9 Å². The molecular formula is C23H21N3O5. The molecule has 0 saturated carbocycles. The van der Waals surface area contributed by atoms with Gasteiger partial charge < -0.3 is 19.7 Å². The summed E-state index contributed by atoms with van der Waals surface area (Å²) in [4.78, 5) is 39.9. The molecule has 2 aliphatic rings. The number of hydrogen-bond donors (Lipinski definition) is 1. The van der Waals surface area contributed by atoms with Crippen LogP contribution in [0.2, 0.25) is 0 Å². The van der Waals surface area contributed by atoms with Gasteiger partial charge in [0, 0.05) is 23.5 Å². The third kappa shape index (κ3) is 4.37. The average molecular weight is 419 g/mol. The Morgan fingerprint density at radius 1 is 1.10 bits per heavy atom. The van der Waals surface area contributed by atoms with E-state index in [9.17, 15) is 14.4 Å². The summed E-state index contributed by atoms with van der Waals surface area (Å²) in [5.41, 5.74) is 2.31. The maximum atomic E-state index is 12.4. The summed E-state index contributed by atoms with van der Waals surface area (Å²) < 4.78 is 10.5. The molecule has 2 aliphatic heterocycles. The maximum Gasteiger partial charge on any atom is 0.414 e. The number of nitrogens with one attached hydrogen (secondary N) is 1. The lowest BCUT2D eigenvalue weighted by Crippen LogP contribution is -2.41. The molecule has 1 atom stereocenters. The number of benzene rings is 2. The molecule has 0 bridgehead atoms. The number of nitrogens with zero attached hydrogens (tertiary/aromatic N) is 2. The van der Waals surface area contributed by atoms with E-state index in [1.807, 2.05) is 0 Å². The van der Waals surface area contributed by atoms with E-state index in [2.05, 4.69) is 11.2 Å². The highest BCUT2D eigenvalue weighted by Gasteiger charge is 2.33. The summed E-state index contributed by atoms with van der Waals surface area (Å²) in [7, 11) is 0. The number of cyclic esters (lactones) is 1. The van der Waals surface area contributed by atoms with Gasteiger partial charge in [-0.1, -0.05) is 18.1 Å². The van der Waals surface area contributed by atoms with Crippen LogP contribution < -0.4 is 15.1 Å². The highest BCUT2D eigenvalue weighted by molar-refractivity contribution is 5.97. The van der Waals surface area contributed by atoms with Crippen molar-refractivity contribution in [3.05, 3.63) is 59.7 Å². The van der Waals surface area contributed by atoms with E-state index in [0.29, 0.717) is 36.5 Å². The van der Waals surface area contributed by atoms with Gasteiger partial charge in [0.15, 0.2) is 0 Å². The molecule has 2 saturated heterocycles. The summed E-state index contributed by atoms with van der Waals surface area (Å²) in [6.07, 6.45) is 4.46. The van der Waals surface area contributed by atoms with Crippen molar-refractivity contribution in [2.24, 2.45) is 0 Å².